The first-order valence-electron chi connectivity index (χ1n) is 12.1. The van der Waals surface area contributed by atoms with Gasteiger partial charge < -0.3 is 20.1 Å². The molecule has 2 aromatic rings. The molecule has 3 rings (SSSR count). The topological polar surface area (TPSA) is 95.9 Å². The molecule has 12 heteroatoms. The monoisotopic (exact) mass is 554 g/mol. The van der Waals surface area contributed by atoms with Gasteiger partial charge in [0.05, 0.1) is 8.07 Å². The normalized spacial score (nSPS) is 15.3. The average molecular weight is 555 g/mol. The molecule has 0 spiro atoms. The maximum atomic E-state index is 14.8. The number of ether oxygens (including phenoxy) is 1. The fraction of sp³-hybridized carbons (Fsp3) is 0.423. The number of fused-ring (bicyclic) bond motifs is 1. The van der Waals surface area contributed by atoms with Crippen LogP contribution in [0.3, 0.4) is 0 Å². The lowest BCUT2D eigenvalue weighted by atomic mass is 9.91. The Morgan fingerprint density at radius 1 is 1.11 bits per heavy atom. The average Bonchev–Trinajstić information content (AvgIpc) is 2.80. The fourth-order valence-electron chi connectivity index (χ4n) is 4.51. The predicted molar refractivity (Wildman–Crippen MR) is 136 cm³/mol. The molecular formula is C26H30F4N2O5Si. The van der Waals surface area contributed by atoms with Gasteiger partial charge in [-0.25, -0.2) is 17.6 Å². The van der Waals surface area contributed by atoms with Crippen molar-refractivity contribution < 1.29 is 41.8 Å². The molecule has 2 amide bonds. The predicted octanol–water partition coefficient (Wildman–Crippen LogP) is 4.47. The molecule has 1 heterocycles. The third-order valence-corrected chi connectivity index (χ3v) is 8.11. The minimum Gasteiger partial charge on any atom is -0.488 e. The Hall–Kier alpha value is -3.41. The van der Waals surface area contributed by atoms with Gasteiger partial charge >= 0.3 is 5.97 Å². The standard InChI is InChI=1S/C26H30F4N2O5Si/c1-38(2,3)25-19(27)12-16(13-20(25)28)31-26(36)24-18-8-7-17(37-14-21(29)30)11-15(18)9-10-32(24)22(33)5-4-6-23(34)35/h7-8,11-13,21,24H,4-6,9-10,14H2,1-3H3,(H,31,36)(H,34,35). The van der Waals surface area contributed by atoms with E-state index in [1.807, 2.05) is 0 Å². The molecule has 0 bridgehead atoms. The first kappa shape index (κ1) is 29.1. The van der Waals surface area contributed by atoms with Crippen LogP contribution in [0.4, 0.5) is 23.2 Å². The molecule has 0 fully saturated rings. The molecule has 206 valence electrons. The van der Waals surface area contributed by atoms with Crippen LogP contribution in [0.1, 0.15) is 36.4 Å². The Morgan fingerprint density at radius 3 is 2.34 bits per heavy atom. The maximum Gasteiger partial charge on any atom is 0.303 e. The van der Waals surface area contributed by atoms with Crippen LogP contribution in [0.5, 0.6) is 5.75 Å². The van der Waals surface area contributed by atoms with E-state index in [2.05, 4.69) is 5.32 Å². The molecule has 1 aliphatic rings. The van der Waals surface area contributed by atoms with Crippen molar-refractivity contribution in [2.45, 2.75) is 57.8 Å². The lowest BCUT2D eigenvalue weighted by molar-refractivity contribution is -0.140. The van der Waals surface area contributed by atoms with Gasteiger partial charge in [0.25, 0.3) is 12.3 Å². The van der Waals surface area contributed by atoms with E-state index < -0.39 is 56.6 Å². The van der Waals surface area contributed by atoms with Gasteiger partial charge in [-0.3, -0.25) is 14.4 Å². The molecule has 1 atom stereocenters. The van der Waals surface area contributed by atoms with Crippen LogP contribution in [0.2, 0.25) is 19.6 Å². The van der Waals surface area contributed by atoms with Gasteiger partial charge in [0.1, 0.15) is 30.0 Å². The first-order valence-corrected chi connectivity index (χ1v) is 15.6. The van der Waals surface area contributed by atoms with Crippen molar-refractivity contribution in [1.29, 1.82) is 0 Å². The van der Waals surface area contributed by atoms with Crippen molar-refractivity contribution in [1.82, 2.24) is 4.90 Å². The zero-order valence-electron chi connectivity index (χ0n) is 21.3. The molecule has 0 saturated heterocycles. The first-order chi connectivity index (χ1) is 17.8. The summed E-state index contributed by atoms with van der Waals surface area (Å²) in [6, 6.07) is 5.31. The third kappa shape index (κ3) is 7.12. The van der Waals surface area contributed by atoms with Crippen LogP contribution in [0, 0.1) is 11.6 Å². The molecule has 0 saturated carbocycles. The number of carbonyl (C=O) groups is 3. The Bertz CT molecular complexity index is 1200. The highest BCUT2D eigenvalue weighted by molar-refractivity contribution is 6.88. The molecule has 2 N–H and O–H groups in total. The van der Waals surface area contributed by atoms with Gasteiger partial charge in [0, 0.05) is 30.3 Å². The molecule has 1 unspecified atom stereocenters. The summed E-state index contributed by atoms with van der Waals surface area (Å²) < 4.78 is 59.8. The van der Waals surface area contributed by atoms with E-state index in [0.717, 1.165) is 12.1 Å². The number of hydrogen-bond acceptors (Lipinski definition) is 4. The van der Waals surface area contributed by atoms with Crippen LogP contribution in [-0.2, 0) is 20.8 Å². The van der Waals surface area contributed by atoms with Crippen molar-refractivity contribution in [2.75, 3.05) is 18.5 Å². The Kier molecular flexibility index (Phi) is 9.18. The number of halogens is 4. The number of hydrogen-bond donors (Lipinski definition) is 2. The maximum absolute atomic E-state index is 14.8. The summed E-state index contributed by atoms with van der Waals surface area (Å²) in [5, 5.41) is 11.4. The van der Waals surface area contributed by atoms with Crippen molar-refractivity contribution in [3.8, 4) is 5.75 Å². The van der Waals surface area contributed by atoms with E-state index in [-0.39, 0.29) is 42.4 Å². The molecule has 1 aliphatic heterocycles. The number of carboxylic acids is 1. The van der Waals surface area contributed by atoms with E-state index in [1.54, 1.807) is 19.6 Å². The molecule has 7 nitrogen and oxygen atoms in total. The highest BCUT2D eigenvalue weighted by atomic mass is 28.3. The summed E-state index contributed by atoms with van der Waals surface area (Å²) in [5.41, 5.74) is 0.886. The van der Waals surface area contributed by atoms with Crippen LogP contribution in [-0.4, -0.2) is 55.4 Å². The molecule has 0 aromatic heterocycles. The number of carboxylic acid groups (broad SMARTS) is 1. The fourth-order valence-corrected chi connectivity index (χ4v) is 6.09. The van der Waals surface area contributed by atoms with Crippen molar-refractivity contribution in [2.24, 2.45) is 0 Å². The number of alkyl halides is 2. The minimum atomic E-state index is -2.67. The number of amides is 2. The smallest absolute Gasteiger partial charge is 0.303 e. The zero-order chi connectivity index (χ0) is 28.2. The third-order valence-electron chi connectivity index (χ3n) is 6.13. The number of rotatable bonds is 10. The quantitative estimate of drug-likeness (QED) is 0.334. The lowest BCUT2D eigenvalue weighted by Crippen LogP contribution is -2.45. The lowest BCUT2D eigenvalue weighted by Gasteiger charge is -2.36. The Balaban J connectivity index is 1.93. The molecule has 38 heavy (non-hydrogen) atoms. The van der Waals surface area contributed by atoms with Gasteiger partial charge in [-0.1, -0.05) is 25.7 Å². The van der Waals surface area contributed by atoms with E-state index in [0.29, 0.717) is 17.5 Å². The molecule has 0 radical (unpaired) electrons. The van der Waals surface area contributed by atoms with Gasteiger partial charge in [-0.15, -0.1) is 0 Å². The van der Waals surface area contributed by atoms with Crippen LogP contribution in [0.25, 0.3) is 0 Å². The zero-order valence-corrected chi connectivity index (χ0v) is 22.3. The van der Waals surface area contributed by atoms with Gasteiger partial charge in [-0.2, -0.15) is 0 Å². The van der Waals surface area contributed by atoms with Gasteiger partial charge in [0.2, 0.25) is 5.91 Å². The van der Waals surface area contributed by atoms with E-state index in [1.165, 1.54) is 23.1 Å². The highest BCUT2D eigenvalue weighted by Gasteiger charge is 2.36. The Labute approximate surface area is 218 Å². The largest absolute Gasteiger partial charge is 0.488 e. The van der Waals surface area contributed by atoms with Gasteiger partial charge in [-0.05, 0) is 48.2 Å². The van der Waals surface area contributed by atoms with E-state index >= 15 is 0 Å². The summed E-state index contributed by atoms with van der Waals surface area (Å²) in [5.74, 6) is -3.61. The number of benzene rings is 2. The van der Waals surface area contributed by atoms with Crippen molar-refractivity contribution in [3.05, 3.63) is 53.1 Å². The Morgan fingerprint density at radius 2 is 1.76 bits per heavy atom. The molecule has 2 aromatic carbocycles. The SMILES string of the molecule is C[Si](C)(C)c1c(F)cc(NC(=O)C2c3ccc(OCC(F)F)cc3CCN2C(=O)CCCC(=O)O)cc1F. The van der Waals surface area contributed by atoms with Crippen molar-refractivity contribution in [3.63, 3.8) is 0 Å². The summed E-state index contributed by atoms with van der Waals surface area (Å²) in [6.45, 7) is 4.66. The number of anilines is 1. The second-order valence-corrected chi connectivity index (χ2v) is 15.1. The summed E-state index contributed by atoms with van der Waals surface area (Å²) in [7, 11) is -2.35. The molecular weight excluding hydrogens is 524 g/mol. The van der Waals surface area contributed by atoms with E-state index in [9.17, 15) is 31.9 Å². The molecule has 0 aliphatic carbocycles. The second kappa shape index (κ2) is 12.0. The second-order valence-electron chi connectivity index (χ2n) is 10.1. The number of carbonyl (C=O) groups excluding carboxylic acids is 2. The summed E-state index contributed by atoms with van der Waals surface area (Å²) >= 11 is 0. The number of aliphatic carboxylic acids is 1. The summed E-state index contributed by atoms with van der Waals surface area (Å²) in [6.07, 6.45) is -2.64. The van der Waals surface area contributed by atoms with Crippen LogP contribution in [0.15, 0.2) is 30.3 Å². The number of nitrogens with one attached hydrogen (secondary N) is 1. The van der Waals surface area contributed by atoms with Crippen LogP contribution >= 0.6 is 0 Å². The van der Waals surface area contributed by atoms with Gasteiger partial charge in [0.15, 0.2) is 0 Å². The highest BCUT2D eigenvalue weighted by Crippen LogP contribution is 2.34. The van der Waals surface area contributed by atoms with Crippen LogP contribution < -0.4 is 15.2 Å². The number of nitrogens with zero attached hydrogens (tertiary/aromatic N) is 1. The summed E-state index contributed by atoms with van der Waals surface area (Å²) in [4.78, 5) is 38.6. The van der Waals surface area contributed by atoms with E-state index in [4.69, 9.17) is 9.84 Å². The van der Waals surface area contributed by atoms with Crippen molar-refractivity contribution >= 4 is 36.7 Å². The minimum absolute atomic E-state index is 0.00470.